The molecular weight excluding hydrogens is 438 g/mol. The van der Waals surface area contributed by atoms with E-state index >= 15 is 0 Å². The van der Waals surface area contributed by atoms with Gasteiger partial charge < -0.3 is 24.8 Å². The summed E-state index contributed by atoms with van der Waals surface area (Å²) in [6, 6.07) is 2.97. The van der Waals surface area contributed by atoms with E-state index in [1.54, 1.807) is 12.1 Å². The molecule has 1 spiro atoms. The van der Waals surface area contributed by atoms with Crippen molar-refractivity contribution in [1.29, 1.82) is 0 Å². The van der Waals surface area contributed by atoms with Crippen LogP contribution in [0.15, 0.2) is 12.1 Å². The number of carbonyl (C=O) groups is 3. The summed E-state index contributed by atoms with van der Waals surface area (Å²) >= 11 is 0. The van der Waals surface area contributed by atoms with Crippen LogP contribution in [-0.2, 0) is 16.1 Å². The lowest BCUT2D eigenvalue weighted by molar-refractivity contribution is -0.136. The number of rotatable bonds is 9. The molecule has 9 heteroatoms. The number of ether oxygens (including phenoxy) is 3. The van der Waals surface area contributed by atoms with Gasteiger partial charge in [0.1, 0.15) is 12.1 Å². The third kappa shape index (κ3) is 4.93. The first-order valence-electron chi connectivity index (χ1n) is 11.8. The predicted octanol–water partition coefficient (Wildman–Crippen LogP) is 3.25. The number of nitrogens with zero attached hydrogens (tertiary/aromatic N) is 1. The van der Waals surface area contributed by atoms with Crippen LogP contribution >= 0.6 is 0 Å². The molecule has 1 heterocycles. The van der Waals surface area contributed by atoms with Crippen molar-refractivity contribution in [3.8, 4) is 17.2 Å². The Bertz CT molecular complexity index is 912. The zero-order valence-corrected chi connectivity index (χ0v) is 21.1. The molecule has 34 heavy (non-hydrogen) atoms. The zero-order chi connectivity index (χ0) is 25.1. The van der Waals surface area contributed by atoms with Crippen LogP contribution in [0.5, 0.6) is 17.2 Å². The molecule has 1 aromatic rings. The van der Waals surface area contributed by atoms with Crippen LogP contribution in [-0.4, -0.2) is 56.2 Å². The van der Waals surface area contributed by atoms with Gasteiger partial charge >= 0.3 is 6.03 Å². The Morgan fingerprint density at radius 1 is 1.12 bits per heavy atom. The highest BCUT2D eigenvalue weighted by Gasteiger charge is 2.53. The Morgan fingerprint density at radius 2 is 1.71 bits per heavy atom. The molecule has 0 radical (unpaired) electrons. The lowest BCUT2D eigenvalue weighted by Gasteiger charge is -2.42. The molecule has 9 nitrogen and oxygen atoms in total. The Labute approximate surface area is 201 Å². The minimum atomic E-state index is -0.881. The summed E-state index contributed by atoms with van der Waals surface area (Å²) in [7, 11) is 4.55. The van der Waals surface area contributed by atoms with Gasteiger partial charge in [-0.2, -0.15) is 0 Å². The van der Waals surface area contributed by atoms with Crippen molar-refractivity contribution in [1.82, 2.24) is 15.5 Å². The number of carbonyl (C=O) groups excluding carboxylic acids is 3. The molecule has 188 valence electrons. The molecule has 2 fully saturated rings. The summed E-state index contributed by atoms with van der Waals surface area (Å²) < 4.78 is 16.0. The molecule has 1 aromatic carbocycles. The van der Waals surface area contributed by atoms with Gasteiger partial charge in [-0.1, -0.05) is 27.2 Å². The van der Waals surface area contributed by atoms with Crippen molar-refractivity contribution < 1.29 is 28.6 Å². The van der Waals surface area contributed by atoms with Crippen molar-refractivity contribution >= 4 is 17.8 Å². The molecule has 0 aromatic heterocycles. The first-order valence-corrected chi connectivity index (χ1v) is 11.8. The summed E-state index contributed by atoms with van der Waals surface area (Å²) in [5.74, 6) is 1.21. The number of hydrogen-bond donors (Lipinski definition) is 2. The van der Waals surface area contributed by atoms with Crippen LogP contribution in [0.1, 0.15) is 58.4 Å². The maximum Gasteiger partial charge on any atom is 0.325 e. The molecule has 3 rings (SSSR count). The Balaban J connectivity index is 1.61. The zero-order valence-electron chi connectivity index (χ0n) is 21.1. The summed E-state index contributed by atoms with van der Waals surface area (Å²) in [5, 5.41) is 5.66. The molecule has 0 unspecified atom stereocenters. The number of methoxy groups -OCH3 is 3. The van der Waals surface area contributed by atoms with Crippen LogP contribution in [0.3, 0.4) is 0 Å². The van der Waals surface area contributed by atoms with Gasteiger partial charge in [-0.15, -0.1) is 0 Å². The van der Waals surface area contributed by atoms with Gasteiger partial charge in [-0.25, -0.2) is 4.79 Å². The number of urea groups is 1. The molecule has 0 atom stereocenters. The minimum Gasteiger partial charge on any atom is -0.493 e. The summed E-state index contributed by atoms with van der Waals surface area (Å²) in [6.45, 7) is 6.56. The standard InChI is InChI=1S/C25H37N3O6/c1-7-24(2,3)17-8-10-25(11-9-17)22(30)28(23(31)27-25)15-20(29)26-14-16-12-18(32-4)21(34-6)19(13-16)33-5/h12-13,17H,7-11,14-15H2,1-6H3,(H,26,29)(H,27,31). The van der Waals surface area contributed by atoms with Crippen LogP contribution in [0, 0.1) is 11.3 Å². The van der Waals surface area contributed by atoms with Crippen molar-refractivity contribution in [3.63, 3.8) is 0 Å². The number of benzene rings is 1. The fourth-order valence-electron chi connectivity index (χ4n) is 4.98. The topological polar surface area (TPSA) is 106 Å². The van der Waals surface area contributed by atoms with Crippen molar-refractivity contribution in [2.45, 2.75) is 65.0 Å². The van der Waals surface area contributed by atoms with E-state index in [9.17, 15) is 14.4 Å². The van der Waals surface area contributed by atoms with Gasteiger partial charge in [-0.3, -0.25) is 14.5 Å². The average molecular weight is 476 g/mol. The van der Waals surface area contributed by atoms with Gasteiger partial charge in [0, 0.05) is 6.54 Å². The number of amides is 4. The average Bonchev–Trinajstić information content (AvgIpc) is 3.05. The summed E-state index contributed by atoms with van der Waals surface area (Å²) in [6.07, 6.45) is 4.05. The van der Waals surface area contributed by atoms with E-state index in [2.05, 4.69) is 31.4 Å². The second-order valence-corrected chi connectivity index (χ2v) is 9.83. The molecule has 1 aliphatic heterocycles. The largest absolute Gasteiger partial charge is 0.493 e. The smallest absolute Gasteiger partial charge is 0.325 e. The van der Waals surface area contributed by atoms with E-state index in [1.165, 1.54) is 21.3 Å². The van der Waals surface area contributed by atoms with Crippen LogP contribution in [0.4, 0.5) is 4.79 Å². The first kappa shape index (κ1) is 25.6. The summed E-state index contributed by atoms with van der Waals surface area (Å²) in [5.41, 5.74) is 0.0574. The Kier molecular flexibility index (Phi) is 7.63. The molecular formula is C25H37N3O6. The van der Waals surface area contributed by atoms with Gasteiger partial charge in [0.15, 0.2) is 11.5 Å². The number of nitrogens with one attached hydrogen (secondary N) is 2. The van der Waals surface area contributed by atoms with Crippen molar-refractivity contribution in [3.05, 3.63) is 17.7 Å². The van der Waals surface area contributed by atoms with E-state index in [-0.39, 0.29) is 24.4 Å². The fraction of sp³-hybridized carbons (Fsp3) is 0.640. The second kappa shape index (κ2) is 10.1. The van der Waals surface area contributed by atoms with Gasteiger partial charge in [-0.05, 0) is 54.7 Å². The van der Waals surface area contributed by atoms with Crippen molar-refractivity contribution in [2.75, 3.05) is 27.9 Å². The molecule has 1 saturated heterocycles. The monoisotopic (exact) mass is 475 g/mol. The molecule has 2 N–H and O–H groups in total. The van der Waals surface area contributed by atoms with Crippen LogP contribution in [0.2, 0.25) is 0 Å². The Hall–Kier alpha value is -2.97. The predicted molar refractivity (Wildman–Crippen MR) is 127 cm³/mol. The maximum atomic E-state index is 13.2. The molecule has 0 bridgehead atoms. The third-order valence-electron chi connectivity index (χ3n) is 7.62. The van der Waals surface area contributed by atoms with E-state index in [0.29, 0.717) is 36.0 Å². The van der Waals surface area contributed by atoms with E-state index in [1.807, 2.05) is 0 Å². The van der Waals surface area contributed by atoms with E-state index in [0.717, 1.165) is 29.7 Å². The minimum absolute atomic E-state index is 0.179. The van der Waals surface area contributed by atoms with Crippen LogP contribution < -0.4 is 24.8 Å². The van der Waals surface area contributed by atoms with Crippen molar-refractivity contribution in [2.24, 2.45) is 11.3 Å². The highest BCUT2D eigenvalue weighted by atomic mass is 16.5. The number of hydrogen-bond acceptors (Lipinski definition) is 6. The van der Waals surface area contributed by atoms with Crippen LogP contribution in [0.25, 0.3) is 0 Å². The lowest BCUT2D eigenvalue weighted by atomic mass is 9.65. The normalized spacial score (nSPS) is 22.5. The molecule has 4 amide bonds. The molecule has 1 aliphatic carbocycles. The second-order valence-electron chi connectivity index (χ2n) is 9.83. The first-order chi connectivity index (χ1) is 16.1. The number of imide groups is 1. The fourth-order valence-corrected chi connectivity index (χ4v) is 4.98. The lowest BCUT2D eigenvalue weighted by Crippen LogP contribution is -2.51. The van der Waals surface area contributed by atoms with Gasteiger partial charge in [0.25, 0.3) is 5.91 Å². The maximum absolute atomic E-state index is 13.2. The van der Waals surface area contributed by atoms with Gasteiger partial charge in [0.2, 0.25) is 11.7 Å². The molecule has 2 aliphatic rings. The molecule has 1 saturated carbocycles. The summed E-state index contributed by atoms with van der Waals surface area (Å²) in [4.78, 5) is 39.4. The van der Waals surface area contributed by atoms with E-state index in [4.69, 9.17) is 14.2 Å². The Morgan fingerprint density at radius 3 is 2.21 bits per heavy atom. The highest BCUT2D eigenvalue weighted by molar-refractivity contribution is 6.09. The SMILES string of the molecule is CCC(C)(C)C1CCC2(CC1)NC(=O)N(CC(=O)NCc1cc(OC)c(OC)c(OC)c1)C2=O. The highest BCUT2D eigenvalue weighted by Crippen LogP contribution is 2.45. The third-order valence-corrected chi connectivity index (χ3v) is 7.62. The van der Waals surface area contributed by atoms with Gasteiger partial charge in [0.05, 0.1) is 21.3 Å². The quantitative estimate of drug-likeness (QED) is 0.531. The van der Waals surface area contributed by atoms with E-state index < -0.39 is 17.5 Å².